The van der Waals surface area contributed by atoms with Crippen molar-refractivity contribution in [3.63, 3.8) is 0 Å². The van der Waals surface area contributed by atoms with Crippen molar-refractivity contribution in [2.75, 3.05) is 4.72 Å². The van der Waals surface area contributed by atoms with E-state index in [0.29, 0.717) is 28.5 Å². The summed E-state index contributed by atoms with van der Waals surface area (Å²) in [4.78, 5) is 8.78. The highest BCUT2D eigenvalue weighted by atomic mass is 32.2. The van der Waals surface area contributed by atoms with Gasteiger partial charge in [0.25, 0.3) is 10.0 Å². The molecule has 0 bridgehead atoms. The molecule has 0 aliphatic carbocycles. The summed E-state index contributed by atoms with van der Waals surface area (Å²) in [6, 6.07) is 15.6. The number of aryl methyl sites for hydroxylation is 2. The molecule has 1 N–H and O–H groups in total. The van der Waals surface area contributed by atoms with Crippen molar-refractivity contribution in [1.29, 1.82) is 0 Å². The van der Waals surface area contributed by atoms with Gasteiger partial charge in [-0.3, -0.25) is 9.71 Å². The Morgan fingerprint density at radius 2 is 1.70 bits per heavy atom. The maximum atomic E-state index is 12.8. The second-order valence-corrected chi connectivity index (χ2v) is 7.83. The number of fused-ring (bicyclic) bond motifs is 1. The number of benzene rings is 2. The summed E-state index contributed by atoms with van der Waals surface area (Å²) in [5, 5.41) is 0.866. The smallest absolute Gasteiger partial charge is 0.261 e. The Hall–Kier alpha value is -3.19. The minimum absolute atomic E-state index is 0.164. The van der Waals surface area contributed by atoms with Crippen LogP contribution >= 0.6 is 0 Å². The summed E-state index contributed by atoms with van der Waals surface area (Å²) in [5.41, 5.74) is 2.56. The number of nitrogens with one attached hydrogen (secondary N) is 1. The third-order valence-corrected chi connectivity index (χ3v) is 5.60. The van der Waals surface area contributed by atoms with E-state index in [1.165, 1.54) is 0 Å². The van der Waals surface area contributed by atoms with Gasteiger partial charge in [-0.05, 0) is 31.2 Å². The molecular weight excluding hydrogens is 362 g/mol. The fraction of sp³-hybridized carbons (Fsp3) is 0.100. The zero-order valence-electron chi connectivity index (χ0n) is 14.8. The number of para-hydroxylation sites is 1. The lowest BCUT2D eigenvalue weighted by molar-refractivity contribution is 0.495. The van der Waals surface area contributed by atoms with Crippen LogP contribution in [0.15, 0.2) is 70.1 Å². The van der Waals surface area contributed by atoms with E-state index >= 15 is 0 Å². The topological polar surface area (TPSA) is 85.1 Å². The Kier molecular flexibility index (Phi) is 4.16. The number of sulfonamides is 1. The lowest BCUT2D eigenvalue weighted by atomic mass is 10.1. The summed E-state index contributed by atoms with van der Waals surface area (Å²) in [7, 11) is -3.74. The molecule has 27 heavy (non-hydrogen) atoms. The van der Waals surface area contributed by atoms with E-state index in [1.807, 2.05) is 25.1 Å². The van der Waals surface area contributed by atoms with E-state index in [2.05, 4.69) is 14.7 Å². The number of oxazole rings is 1. The van der Waals surface area contributed by atoms with Gasteiger partial charge in [0.2, 0.25) is 0 Å². The Morgan fingerprint density at radius 1 is 0.963 bits per heavy atom. The number of pyridine rings is 1. The van der Waals surface area contributed by atoms with Gasteiger partial charge in [-0.15, -0.1) is 0 Å². The molecule has 0 amide bonds. The average molecular weight is 379 g/mol. The molecule has 2 aromatic carbocycles. The van der Waals surface area contributed by atoms with Crippen molar-refractivity contribution in [1.82, 2.24) is 9.97 Å². The van der Waals surface area contributed by atoms with E-state index in [-0.39, 0.29) is 4.90 Å². The van der Waals surface area contributed by atoms with Crippen molar-refractivity contribution in [3.05, 3.63) is 72.4 Å². The quantitative estimate of drug-likeness (QED) is 0.571. The summed E-state index contributed by atoms with van der Waals surface area (Å²) < 4.78 is 33.6. The Balaban J connectivity index is 1.67. The number of anilines is 1. The lowest BCUT2D eigenvalue weighted by Crippen LogP contribution is -2.13. The highest BCUT2D eigenvalue weighted by Crippen LogP contribution is 2.27. The second-order valence-electron chi connectivity index (χ2n) is 6.15. The first-order chi connectivity index (χ1) is 12.9. The molecule has 0 fully saturated rings. The molecule has 0 radical (unpaired) electrons. The normalized spacial score (nSPS) is 11.6. The average Bonchev–Trinajstić information content (AvgIpc) is 3.00. The van der Waals surface area contributed by atoms with E-state index in [4.69, 9.17) is 4.42 Å². The molecule has 0 aliphatic rings. The zero-order chi connectivity index (χ0) is 19.0. The molecule has 0 spiro atoms. The molecule has 0 atom stereocenters. The molecule has 2 heterocycles. The van der Waals surface area contributed by atoms with Gasteiger partial charge < -0.3 is 4.42 Å². The van der Waals surface area contributed by atoms with E-state index in [1.54, 1.807) is 49.5 Å². The largest absolute Gasteiger partial charge is 0.446 e. The summed E-state index contributed by atoms with van der Waals surface area (Å²) in [6.45, 7) is 3.60. The molecule has 6 nitrogen and oxygen atoms in total. The van der Waals surface area contributed by atoms with Crippen molar-refractivity contribution in [3.8, 4) is 11.3 Å². The van der Waals surface area contributed by atoms with Gasteiger partial charge in [0, 0.05) is 24.1 Å². The van der Waals surface area contributed by atoms with Crippen LogP contribution in [0.3, 0.4) is 0 Å². The number of aromatic nitrogens is 2. The minimum atomic E-state index is -3.74. The predicted octanol–water partition coefficient (Wildman–Crippen LogP) is 4.31. The van der Waals surface area contributed by atoms with E-state index < -0.39 is 10.0 Å². The van der Waals surface area contributed by atoms with Gasteiger partial charge >= 0.3 is 0 Å². The Labute approximate surface area is 157 Å². The number of hydrogen-bond acceptors (Lipinski definition) is 5. The van der Waals surface area contributed by atoms with Crippen molar-refractivity contribution < 1.29 is 12.8 Å². The molecular formula is C20H17N3O3S. The number of nitrogens with zero attached hydrogens (tertiary/aromatic N) is 2. The fourth-order valence-electron chi connectivity index (χ4n) is 2.98. The van der Waals surface area contributed by atoms with Gasteiger partial charge in [0.05, 0.1) is 16.1 Å². The maximum Gasteiger partial charge on any atom is 0.261 e. The zero-order valence-corrected chi connectivity index (χ0v) is 15.6. The summed E-state index contributed by atoms with van der Waals surface area (Å²) in [5.74, 6) is 1.27. The number of rotatable bonds is 4. The second kappa shape index (κ2) is 6.51. The first kappa shape index (κ1) is 17.2. The molecule has 136 valence electrons. The molecule has 0 saturated heterocycles. The lowest BCUT2D eigenvalue weighted by Gasteiger charge is -2.10. The van der Waals surface area contributed by atoms with Crippen LogP contribution in [-0.2, 0) is 10.0 Å². The highest BCUT2D eigenvalue weighted by Gasteiger charge is 2.17. The minimum Gasteiger partial charge on any atom is -0.446 e. The van der Waals surface area contributed by atoms with Crippen molar-refractivity contribution in [2.24, 2.45) is 0 Å². The molecule has 7 heteroatoms. The van der Waals surface area contributed by atoms with Gasteiger partial charge in [-0.25, -0.2) is 13.4 Å². The predicted molar refractivity (Wildman–Crippen MR) is 104 cm³/mol. The molecule has 4 rings (SSSR count). The third kappa shape index (κ3) is 3.29. The van der Waals surface area contributed by atoms with Crippen LogP contribution in [0.25, 0.3) is 22.2 Å². The summed E-state index contributed by atoms with van der Waals surface area (Å²) >= 11 is 0. The van der Waals surface area contributed by atoms with E-state index in [0.717, 1.165) is 10.9 Å². The van der Waals surface area contributed by atoms with Crippen molar-refractivity contribution in [2.45, 2.75) is 18.7 Å². The maximum absolute atomic E-state index is 12.8. The van der Waals surface area contributed by atoms with Gasteiger partial charge in [-0.2, -0.15) is 0 Å². The molecule has 0 unspecified atom stereocenters. The summed E-state index contributed by atoms with van der Waals surface area (Å²) in [6.07, 6.45) is 1.64. The third-order valence-electron chi connectivity index (χ3n) is 4.22. The molecule has 0 aliphatic heterocycles. The molecule has 0 saturated carbocycles. The first-order valence-corrected chi connectivity index (χ1v) is 9.83. The van der Waals surface area contributed by atoms with Gasteiger partial charge in [-0.1, -0.05) is 30.3 Å². The monoisotopic (exact) mass is 379 g/mol. The van der Waals surface area contributed by atoms with Crippen LogP contribution in [0.4, 0.5) is 5.69 Å². The van der Waals surface area contributed by atoms with Crippen LogP contribution < -0.4 is 4.72 Å². The van der Waals surface area contributed by atoms with Crippen LogP contribution in [0.1, 0.15) is 11.7 Å². The van der Waals surface area contributed by atoms with Crippen molar-refractivity contribution >= 4 is 26.6 Å². The number of hydrogen-bond donors (Lipinski definition) is 1. The van der Waals surface area contributed by atoms with Gasteiger partial charge in [0.15, 0.2) is 5.89 Å². The van der Waals surface area contributed by atoms with Crippen LogP contribution in [0.2, 0.25) is 0 Å². The van der Waals surface area contributed by atoms with Crippen LogP contribution in [0, 0.1) is 13.8 Å². The first-order valence-electron chi connectivity index (χ1n) is 8.35. The standard InChI is InChI=1S/C20H17N3O3S/c1-13-19(22-14(2)26-13)16-8-10-17(11-9-16)27(24,25)23-18-7-3-5-15-6-4-12-21-20(15)18/h3-12,23H,1-2H3. The van der Waals surface area contributed by atoms with E-state index in [9.17, 15) is 8.42 Å². The molecule has 4 aromatic rings. The Morgan fingerprint density at radius 3 is 2.41 bits per heavy atom. The molecule has 2 aromatic heterocycles. The van der Waals surface area contributed by atoms with Gasteiger partial charge in [0.1, 0.15) is 11.5 Å². The SMILES string of the molecule is Cc1nc(-c2ccc(S(=O)(=O)Nc3cccc4cccnc34)cc2)c(C)o1. The Bertz CT molecular complexity index is 1220. The highest BCUT2D eigenvalue weighted by molar-refractivity contribution is 7.92. The fourth-order valence-corrected chi connectivity index (χ4v) is 4.05. The van der Waals surface area contributed by atoms with Crippen LogP contribution in [0.5, 0.6) is 0 Å². The van der Waals surface area contributed by atoms with Crippen LogP contribution in [-0.4, -0.2) is 18.4 Å².